The van der Waals surface area contributed by atoms with E-state index >= 15 is 0 Å². The van der Waals surface area contributed by atoms with Gasteiger partial charge in [-0.1, -0.05) is 13.0 Å². The molecule has 0 saturated carbocycles. The van der Waals surface area contributed by atoms with Crippen molar-refractivity contribution < 1.29 is 13.5 Å². The largest absolute Gasteiger partial charge is 0.378 e. The van der Waals surface area contributed by atoms with E-state index in [1.807, 2.05) is 6.92 Å². The van der Waals surface area contributed by atoms with Gasteiger partial charge in [-0.25, -0.2) is 8.78 Å². The van der Waals surface area contributed by atoms with Crippen molar-refractivity contribution in [3.05, 3.63) is 35.4 Å². The van der Waals surface area contributed by atoms with E-state index in [1.165, 1.54) is 12.1 Å². The first-order chi connectivity index (χ1) is 9.19. The number of ether oxygens (including phenoxy) is 1. The molecule has 0 aromatic heterocycles. The molecule has 1 aromatic rings. The van der Waals surface area contributed by atoms with Crippen molar-refractivity contribution in [1.82, 2.24) is 5.32 Å². The van der Waals surface area contributed by atoms with Gasteiger partial charge in [0.05, 0.1) is 6.10 Å². The number of halogens is 2. The van der Waals surface area contributed by atoms with E-state index in [4.69, 9.17) is 4.74 Å². The van der Waals surface area contributed by atoms with Crippen molar-refractivity contribution in [1.29, 1.82) is 0 Å². The van der Waals surface area contributed by atoms with E-state index in [2.05, 4.69) is 5.32 Å². The molecule has 0 aliphatic carbocycles. The molecule has 2 rings (SSSR count). The lowest BCUT2D eigenvalue weighted by molar-refractivity contribution is 0.0946. The highest BCUT2D eigenvalue weighted by molar-refractivity contribution is 5.19. The van der Waals surface area contributed by atoms with Crippen LogP contribution in [-0.4, -0.2) is 25.3 Å². The molecule has 0 bridgehead atoms. The number of benzene rings is 1. The van der Waals surface area contributed by atoms with Gasteiger partial charge in [0.25, 0.3) is 0 Å². The van der Waals surface area contributed by atoms with Gasteiger partial charge in [0, 0.05) is 18.7 Å². The summed E-state index contributed by atoms with van der Waals surface area (Å²) in [7, 11) is 0. The summed E-state index contributed by atoms with van der Waals surface area (Å²) in [5, 5.41) is 3.36. The Morgan fingerprint density at radius 1 is 1.42 bits per heavy atom. The monoisotopic (exact) mass is 269 g/mol. The second kappa shape index (κ2) is 6.96. The van der Waals surface area contributed by atoms with E-state index in [0.29, 0.717) is 12.0 Å². The van der Waals surface area contributed by atoms with Crippen LogP contribution in [0, 0.1) is 11.6 Å². The molecule has 1 aliphatic rings. The summed E-state index contributed by atoms with van der Waals surface area (Å²) in [5.74, 6) is -0.990. The van der Waals surface area contributed by atoms with Gasteiger partial charge in [-0.05, 0) is 43.9 Å². The van der Waals surface area contributed by atoms with Crippen LogP contribution in [0.25, 0.3) is 0 Å². The van der Waals surface area contributed by atoms with Gasteiger partial charge in [0.15, 0.2) is 0 Å². The second-order valence-corrected chi connectivity index (χ2v) is 5.07. The summed E-state index contributed by atoms with van der Waals surface area (Å²) in [4.78, 5) is 0. The SMILES string of the molecule is CCNC(Cc1ccc(F)cc1F)CC1CCCO1. The van der Waals surface area contributed by atoms with E-state index in [-0.39, 0.29) is 12.1 Å². The molecule has 0 radical (unpaired) electrons. The molecule has 106 valence electrons. The van der Waals surface area contributed by atoms with Crippen molar-refractivity contribution in [3.63, 3.8) is 0 Å². The molecule has 1 fully saturated rings. The number of hydrogen-bond donors (Lipinski definition) is 1. The molecule has 4 heteroatoms. The van der Waals surface area contributed by atoms with Gasteiger partial charge in [-0.15, -0.1) is 0 Å². The maximum absolute atomic E-state index is 13.7. The molecule has 1 aromatic carbocycles. The summed E-state index contributed by atoms with van der Waals surface area (Å²) < 4.78 is 32.2. The van der Waals surface area contributed by atoms with Gasteiger partial charge in [0.1, 0.15) is 11.6 Å². The zero-order valence-electron chi connectivity index (χ0n) is 11.3. The Morgan fingerprint density at radius 3 is 2.89 bits per heavy atom. The molecular formula is C15H21F2NO. The van der Waals surface area contributed by atoms with Gasteiger partial charge in [-0.2, -0.15) is 0 Å². The quantitative estimate of drug-likeness (QED) is 0.857. The molecule has 2 atom stereocenters. The van der Waals surface area contributed by atoms with Crippen molar-refractivity contribution in [2.24, 2.45) is 0 Å². The predicted octanol–water partition coefficient (Wildman–Crippen LogP) is 3.05. The molecule has 19 heavy (non-hydrogen) atoms. The lowest BCUT2D eigenvalue weighted by atomic mass is 9.99. The highest BCUT2D eigenvalue weighted by atomic mass is 19.1. The van der Waals surface area contributed by atoms with Gasteiger partial charge in [0.2, 0.25) is 0 Å². The van der Waals surface area contributed by atoms with Crippen molar-refractivity contribution >= 4 is 0 Å². The van der Waals surface area contributed by atoms with Gasteiger partial charge >= 0.3 is 0 Å². The molecule has 1 aliphatic heterocycles. The summed E-state index contributed by atoms with van der Waals surface area (Å²) in [5.41, 5.74) is 0.561. The van der Waals surface area contributed by atoms with Crippen LogP contribution < -0.4 is 5.32 Å². The summed E-state index contributed by atoms with van der Waals surface area (Å²) in [6.07, 6.45) is 3.90. The summed E-state index contributed by atoms with van der Waals surface area (Å²) >= 11 is 0. The van der Waals surface area contributed by atoms with Gasteiger partial charge in [-0.3, -0.25) is 0 Å². The van der Waals surface area contributed by atoms with E-state index in [0.717, 1.165) is 38.5 Å². The summed E-state index contributed by atoms with van der Waals surface area (Å²) in [6, 6.07) is 3.97. The van der Waals surface area contributed by atoms with Crippen LogP contribution in [0.4, 0.5) is 8.78 Å². The fraction of sp³-hybridized carbons (Fsp3) is 0.600. The first-order valence-electron chi connectivity index (χ1n) is 6.98. The van der Waals surface area contributed by atoms with Crippen molar-refractivity contribution in [2.45, 2.75) is 44.8 Å². The Hall–Kier alpha value is -1.00. The average Bonchev–Trinajstić information content (AvgIpc) is 2.86. The Balaban J connectivity index is 1.98. The minimum atomic E-state index is -0.527. The zero-order valence-corrected chi connectivity index (χ0v) is 11.3. The minimum Gasteiger partial charge on any atom is -0.378 e. The Bertz CT molecular complexity index is 405. The fourth-order valence-corrected chi connectivity index (χ4v) is 2.63. The molecular weight excluding hydrogens is 248 g/mol. The molecule has 2 unspecified atom stereocenters. The molecule has 1 N–H and O–H groups in total. The van der Waals surface area contributed by atoms with Crippen molar-refractivity contribution in [3.8, 4) is 0 Å². The van der Waals surface area contributed by atoms with E-state index < -0.39 is 11.6 Å². The molecule has 0 spiro atoms. The zero-order chi connectivity index (χ0) is 13.7. The minimum absolute atomic E-state index is 0.174. The van der Waals surface area contributed by atoms with Crippen LogP contribution in [0.3, 0.4) is 0 Å². The third-order valence-corrected chi connectivity index (χ3v) is 3.55. The van der Waals surface area contributed by atoms with E-state index in [1.54, 1.807) is 0 Å². The average molecular weight is 269 g/mol. The predicted molar refractivity (Wildman–Crippen MR) is 71.1 cm³/mol. The lowest BCUT2D eigenvalue weighted by Gasteiger charge is -2.21. The topological polar surface area (TPSA) is 21.3 Å². The Kier molecular flexibility index (Phi) is 5.28. The number of rotatable bonds is 6. The van der Waals surface area contributed by atoms with Crippen molar-refractivity contribution in [2.75, 3.05) is 13.2 Å². The number of likely N-dealkylation sites (N-methyl/N-ethyl adjacent to an activating group) is 1. The molecule has 1 saturated heterocycles. The Morgan fingerprint density at radius 2 is 2.26 bits per heavy atom. The number of hydrogen-bond acceptors (Lipinski definition) is 2. The lowest BCUT2D eigenvalue weighted by Crippen LogP contribution is -2.34. The molecule has 0 amide bonds. The van der Waals surface area contributed by atoms with Crippen LogP contribution in [0.1, 0.15) is 31.7 Å². The highest BCUT2D eigenvalue weighted by Crippen LogP contribution is 2.20. The van der Waals surface area contributed by atoms with Gasteiger partial charge < -0.3 is 10.1 Å². The maximum atomic E-state index is 13.7. The molecule has 2 nitrogen and oxygen atoms in total. The van der Waals surface area contributed by atoms with Crippen LogP contribution in [0.2, 0.25) is 0 Å². The third-order valence-electron chi connectivity index (χ3n) is 3.55. The first-order valence-corrected chi connectivity index (χ1v) is 6.98. The highest BCUT2D eigenvalue weighted by Gasteiger charge is 2.21. The van der Waals surface area contributed by atoms with Crippen LogP contribution in [0.15, 0.2) is 18.2 Å². The number of nitrogens with one attached hydrogen (secondary N) is 1. The van der Waals surface area contributed by atoms with Crippen LogP contribution >= 0.6 is 0 Å². The fourth-order valence-electron chi connectivity index (χ4n) is 2.63. The molecule has 1 heterocycles. The Labute approximate surface area is 113 Å². The maximum Gasteiger partial charge on any atom is 0.129 e. The normalized spacial score (nSPS) is 20.7. The second-order valence-electron chi connectivity index (χ2n) is 5.07. The van der Waals surface area contributed by atoms with E-state index in [9.17, 15) is 8.78 Å². The van der Waals surface area contributed by atoms with Crippen LogP contribution in [-0.2, 0) is 11.2 Å². The standard InChI is InChI=1S/C15H21F2NO/c1-2-18-13(10-14-4-3-7-19-14)8-11-5-6-12(16)9-15(11)17/h5-6,9,13-14,18H,2-4,7-8,10H2,1H3. The third kappa shape index (κ3) is 4.25. The summed E-state index contributed by atoms with van der Waals surface area (Å²) in [6.45, 7) is 3.69. The first kappa shape index (κ1) is 14.4. The smallest absolute Gasteiger partial charge is 0.129 e. The van der Waals surface area contributed by atoms with Crippen LogP contribution in [0.5, 0.6) is 0 Å².